The van der Waals surface area contributed by atoms with Crippen LogP contribution < -0.4 is 5.32 Å². The molecule has 0 saturated carbocycles. The van der Waals surface area contributed by atoms with Crippen LogP contribution in [0, 0.1) is 0 Å². The molecule has 0 saturated heterocycles. The Morgan fingerprint density at radius 2 is 1.65 bits per heavy atom. The van der Waals surface area contributed by atoms with Crippen molar-refractivity contribution in [3.63, 3.8) is 0 Å². The average molecular weight is 267 g/mol. The molecule has 2 aromatic rings. The van der Waals surface area contributed by atoms with Gasteiger partial charge in [0.05, 0.1) is 0 Å². The second kappa shape index (κ2) is 7.79. The molecule has 0 spiro atoms. The molecule has 0 amide bonds. The van der Waals surface area contributed by atoms with Crippen LogP contribution in [-0.4, -0.2) is 19.1 Å². The topological polar surface area (TPSA) is 38.3 Å². The molecule has 0 fully saturated rings. The van der Waals surface area contributed by atoms with Gasteiger partial charge in [-0.25, -0.2) is 0 Å². The van der Waals surface area contributed by atoms with Crippen LogP contribution in [0.3, 0.4) is 0 Å². The molecule has 102 valence electrons. The molecular formula is C17H17NO2. The maximum absolute atomic E-state index is 11.5. The van der Waals surface area contributed by atoms with Crippen molar-refractivity contribution in [3.05, 3.63) is 72.3 Å². The van der Waals surface area contributed by atoms with Gasteiger partial charge in [-0.15, -0.1) is 0 Å². The van der Waals surface area contributed by atoms with Gasteiger partial charge >= 0.3 is 5.97 Å². The van der Waals surface area contributed by atoms with Crippen LogP contribution in [-0.2, 0) is 9.53 Å². The molecule has 0 heterocycles. The van der Waals surface area contributed by atoms with E-state index in [0.717, 1.165) is 11.3 Å². The molecule has 0 aliphatic heterocycles. The first-order chi connectivity index (χ1) is 9.84. The van der Waals surface area contributed by atoms with Crippen LogP contribution in [0.5, 0.6) is 0 Å². The normalized spacial score (nSPS) is 10.4. The Morgan fingerprint density at radius 3 is 2.35 bits per heavy atom. The van der Waals surface area contributed by atoms with E-state index in [2.05, 4.69) is 5.32 Å². The number of para-hydroxylation sites is 1. The van der Waals surface area contributed by atoms with Gasteiger partial charge in [-0.1, -0.05) is 54.6 Å². The predicted molar refractivity (Wildman–Crippen MR) is 81.4 cm³/mol. The number of carbonyl (C=O) groups excluding carboxylic acids is 1. The third-order valence-electron chi connectivity index (χ3n) is 2.66. The summed E-state index contributed by atoms with van der Waals surface area (Å²) in [6, 6.07) is 19.5. The number of ether oxygens (including phenoxy) is 1. The van der Waals surface area contributed by atoms with Gasteiger partial charge in [0.25, 0.3) is 0 Å². The van der Waals surface area contributed by atoms with Crippen molar-refractivity contribution in [1.82, 2.24) is 0 Å². The summed E-state index contributed by atoms with van der Waals surface area (Å²) < 4.78 is 5.10. The summed E-state index contributed by atoms with van der Waals surface area (Å²) in [5, 5.41) is 3.00. The van der Waals surface area contributed by atoms with Crippen LogP contribution in [0.25, 0.3) is 6.08 Å². The predicted octanol–water partition coefficient (Wildman–Crippen LogP) is 3.36. The second-order valence-electron chi connectivity index (χ2n) is 4.22. The van der Waals surface area contributed by atoms with E-state index in [9.17, 15) is 4.79 Å². The minimum absolute atomic E-state index is 0.170. The van der Waals surface area contributed by atoms with E-state index >= 15 is 0 Å². The van der Waals surface area contributed by atoms with Crippen molar-refractivity contribution in [2.24, 2.45) is 0 Å². The Balaban J connectivity index is 1.67. The average Bonchev–Trinajstić information content (AvgIpc) is 2.52. The molecule has 0 aliphatic carbocycles. The summed E-state index contributed by atoms with van der Waals surface area (Å²) in [4.78, 5) is 11.5. The molecule has 3 nitrogen and oxygen atoms in total. The minimum atomic E-state index is -0.272. The van der Waals surface area contributed by atoms with E-state index in [1.165, 1.54) is 0 Å². The molecule has 0 radical (unpaired) electrons. The molecule has 0 aliphatic rings. The third-order valence-corrected chi connectivity index (χ3v) is 2.66. The summed E-state index contributed by atoms with van der Waals surface area (Å²) in [6.45, 7) is 0.452. The molecule has 3 heteroatoms. The maximum Gasteiger partial charge on any atom is 0.325 e. The number of esters is 1. The van der Waals surface area contributed by atoms with Crippen molar-refractivity contribution in [2.75, 3.05) is 18.5 Å². The van der Waals surface area contributed by atoms with Crippen molar-refractivity contribution in [1.29, 1.82) is 0 Å². The number of nitrogens with one attached hydrogen (secondary N) is 1. The number of anilines is 1. The molecule has 0 atom stereocenters. The molecule has 0 aromatic heterocycles. The Labute approximate surface area is 118 Å². The van der Waals surface area contributed by atoms with Gasteiger partial charge in [0, 0.05) is 5.69 Å². The molecule has 2 aromatic carbocycles. The first-order valence-corrected chi connectivity index (χ1v) is 6.51. The van der Waals surface area contributed by atoms with Gasteiger partial charge < -0.3 is 10.1 Å². The monoisotopic (exact) mass is 267 g/mol. The molecule has 1 N–H and O–H groups in total. The maximum atomic E-state index is 11.5. The molecule has 0 bridgehead atoms. The zero-order valence-electron chi connectivity index (χ0n) is 11.2. The van der Waals surface area contributed by atoms with E-state index < -0.39 is 0 Å². The van der Waals surface area contributed by atoms with Crippen molar-refractivity contribution in [2.45, 2.75) is 0 Å². The summed E-state index contributed by atoms with van der Waals surface area (Å²) in [6.07, 6.45) is 3.76. The van der Waals surface area contributed by atoms with Gasteiger partial charge in [-0.05, 0) is 23.8 Å². The highest BCUT2D eigenvalue weighted by Crippen LogP contribution is 2.04. The molecule has 2 rings (SSSR count). The van der Waals surface area contributed by atoms with Crippen LogP contribution >= 0.6 is 0 Å². The fourth-order valence-electron chi connectivity index (χ4n) is 1.67. The van der Waals surface area contributed by atoms with E-state index in [-0.39, 0.29) is 19.1 Å². The Kier molecular flexibility index (Phi) is 5.40. The molecular weight excluding hydrogens is 250 g/mol. The lowest BCUT2D eigenvalue weighted by Crippen LogP contribution is -2.16. The third kappa shape index (κ3) is 4.98. The van der Waals surface area contributed by atoms with E-state index in [4.69, 9.17) is 4.74 Å². The largest absolute Gasteiger partial charge is 0.460 e. The number of carbonyl (C=O) groups is 1. The first-order valence-electron chi connectivity index (χ1n) is 6.51. The molecule has 0 unspecified atom stereocenters. The zero-order chi connectivity index (χ0) is 14.0. The standard InChI is InChI=1S/C17H17NO2/c19-17(14-18-16-11-5-2-6-12-16)20-13-7-10-15-8-3-1-4-9-15/h1-12,18H,13-14H2. The van der Waals surface area contributed by atoms with Gasteiger partial charge in [0.2, 0.25) is 0 Å². The van der Waals surface area contributed by atoms with Gasteiger partial charge in [-0.2, -0.15) is 0 Å². The number of benzene rings is 2. The van der Waals surface area contributed by atoms with Gasteiger partial charge in [0.1, 0.15) is 13.2 Å². The lowest BCUT2D eigenvalue weighted by molar-refractivity contribution is -0.140. The summed E-state index contributed by atoms with van der Waals surface area (Å²) in [5.74, 6) is -0.272. The highest BCUT2D eigenvalue weighted by Gasteiger charge is 2.00. The Morgan fingerprint density at radius 1 is 1.00 bits per heavy atom. The summed E-state index contributed by atoms with van der Waals surface area (Å²) in [5.41, 5.74) is 2.00. The van der Waals surface area contributed by atoms with Crippen LogP contribution in [0.1, 0.15) is 5.56 Å². The van der Waals surface area contributed by atoms with Crippen LogP contribution in [0.15, 0.2) is 66.7 Å². The van der Waals surface area contributed by atoms with E-state index in [1.807, 2.05) is 72.8 Å². The SMILES string of the molecule is O=C(CNc1ccccc1)OCC=Cc1ccccc1. The first kappa shape index (κ1) is 13.9. The highest BCUT2D eigenvalue weighted by molar-refractivity contribution is 5.75. The van der Waals surface area contributed by atoms with E-state index in [0.29, 0.717) is 0 Å². The number of rotatable bonds is 6. The Bertz CT molecular complexity index is 550. The fraction of sp³-hybridized carbons (Fsp3) is 0.118. The van der Waals surface area contributed by atoms with Crippen molar-refractivity contribution >= 4 is 17.7 Å². The van der Waals surface area contributed by atoms with E-state index in [1.54, 1.807) is 0 Å². The van der Waals surface area contributed by atoms with Crippen LogP contribution in [0.4, 0.5) is 5.69 Å². The quantitative estimate of drug-likeness (QED) is 0.816. The molecule has 20 heavy (non-hydrogen) atoms. The second-order valence-corrected chi connectivity index (χ2v) is 4.22. The van der Waals surface area contributed by atoms with Gasteiger partial charge in [0.15, 0.2) is 0 Å². The fourth-order valence-corrected chi connectivity index (χ4v) is 1.67. The Hall–Kier alpha value is -2.55. The number of hydrogen-bond acceptors (Lipinski definition) is 3. The highest BCUT2D eigenvalue weighted by atomic mass is 16.5. The summed E-state index contributed by atoms with van der Waals surface area (Å²) >= 11 is 0. The summed E-state index contributed by atoms with van der Waals surface area (Å²) in [7, 11) is 0. The minimum Gasteiger partial charge on any atom is -0.460 e. The lowest BCUT2D eigenvalue weighted by Gasteiger charge is -2.05. The van der Waals surface area contributed by atoms with Crippen molar-refractivity contribution in [3.8, 4) is 0 Å². The van der Waals surface area contributed by atoms with Crippen LogP contribution in [0.2, 0.25) is 0 Å². The number of hydrogen-bond donors (Lipinski definition) is 1. The zero-order valence-corrected chi connectivity index (χ0v) is 11.2. The van der Waals surface area contributed by atoms with Gasteiger partial charge in [-0.3, -0.25) is 4.79 Å². The lowest BCUT2D eigenvalue weighted by atomic mass is 10.2. The smallest absolute Gasteiger partial charge is 0.325 e. The van der Waals surface area contributed by atoms with Crippen molar-refractivity contribution < 1.29 is 9.53 Å².